The first-order valence-electron chi connectivity index (χ1n) is 8.45. The summed E-state index contributed by atoms with van der Waals surface area (Å²) in [5, 5.41) is 4.43. The molecule has 24 heavy (non-hydrogen) atoms. The van der Waals surface area contributed by atoms with Crippen LogP contribution >= 0.6 is 0 Å². The molecule has 6 nitrogen and oxygen atoms in total. The van der Waals surface area contributed by atoms with Crippen molar-refractivity contribution in [3.8, 4) is 11.4 Å². The van der Waals surface area contributed by atoms with E-state index in [9.17, 15) is 4.79 Å². The van der Waals surface area contributed by atoms with E-state index in [4.69, 9.17) is 4.74 Å². The van der Waals surface area contributed by atoms with Crippen molar-refractivity contribution < 1.29 is 9.53 Å². The molecule has 1 fully saturated rings. The Bertz CT molecular complexity index is 726. The van der Waals surface area contributed by atoms with Crippen LogP contribution in [0.25, 0.3) is 11.4 Å². The first-order valence-corrected chi connectivity index (χ1v) is 8.45. The van der Waals surface area contributed by atoms with Gasteiger partial charge in [-0.3, -0.25) is 4.79 Å². The Hall–Kier alpha value is -2.21. The Morgan fingerprint density at radius 1 is 1.33 bits per heavy atom. The molecule has 2 heterocycles. The topological polar surface area (TPSA) is 60.2 Å². The van der Waals surface area contributed by atoms with Crippen molar-refractivity contribution >= 4 is 5.91 Å². The van der Waals surface area contributed by atoms with Crippen LogP contribution in [0, 0.1) is 13.8 Å². The summed E-state index contributed by atoms with van der Waals surface area (Å²) in [6, 6.07) is 8.03. The van der Waals surface area contributed by atoms with Crippen LogP contribution in [0.3, 0.4) is 0 Å². The summed E-state index contributed by atoms with van der Waals surface area (Å²) in [5.74, 6) is 1.49. The third kappa shape index (κ3) is 3.48. The van der Waals surface area contributed by atoms with Crippen LogP contribution in [-0.4, -0.2) is 51.4 Å². The zero-order valence-corrected chi connectivity index (χ0v) is 14.5. The highest BCUT2D eigenvalue weighted by atomic mass is 16.5. The first kappa shape index (κ1) is 16.6. The number of aryl methyl sites for hydroxylation is 2. The zero-order valence-electron chi connectivity index (χ0n) is 14.5. The molecule has 0 radical (unpaired) electrons. The third-order valence-corrected chi connectivity index (χ3v) is 4.40. The van der Waals surface area contributed by atoms with Gasteiger partial charge in [0.2, 0.25) is 5.91 Å². The number of nitrogens with zero attached hydrogens (tertiary/aromatic N) is 4. The number of benzene rings is 1. The Labute approximate surface area is 142 Å². The number of hydrogen-bond donors (Lipinski definition) is 0. The van der Waals surface area contributed by atoms with Gasteiger partial charge < -0.3 is 9.64 Å². The predicted molar refractivity (Wildman–Crippen MR) is 91.5 cm³/mol. The van der Waals surface area contributed by atoms with E-state index in [1.807, 2.05) is 43.0 Å². The predicted octanol–water partition coefficient (Wildman–Crippen LogP) is 2.20. The van der Waals surface area contributed by atoms with Gasteiger partial charge in [-0.2, -0.15) is 5.10 Å². The second kappa shape index (κ2) is 7.13. The Morgan fingerprint density at radius 2 is 2.12 bits per heavy atom. The molecule has 0 aliphatic carbocycles. The van der Waals surface area contributed by atoms with E-state index in [1.165, 1.54) is 0 Å². The fraction of sp³-hybridized carbons (Fsp3) is 0.500. The molecule has 0 N–H and O–H groups in total. The molecular weight excluding hydrogens is 304 g/mol. The lowest BCUT2D eigenvalue weighted by Gasteiger charge is -2.32. The highest BCUT2D eigenvalue weighted by molar-refractivity contribution is 5.77. The lowest BCUT2D eigenvalue weighted by Crippen LogP contribution is -2.46. The molecule has 1 aromatic carbocycles. The normalized spacial score (nSPS) is 18.0. The van der Waals surface area contributed by atoms with Gasteiger partial charge in [0.05, 0.1) is 12.7 Å². The van der Waals surface area contributed by atoms with Crippen molar-refractivity contribution in [1.29, 1.82) is 0 Å². The lowest BCUT2D eigenvalue weighted by atomic mass is 10.1. The summed E-state index contributed by atoms with van der Waals surface area (Å²) in [5.41, 5.74) is 2.13. The van der Waals surface area contributed by atoms with Gasteiger partial charge in [-0.05, 0) is 25.8 Å². The number of rotatable bonds is 4. The number of ether oxygens (including phenoxy) is 1. The maximum Gasteiger partial charge on any atom is 0.244 e. The summed E-state index contributed by atoms with van der Waals surface area (Å²) in [4.78, 5) is 19.1. The summed E-state index contributed by atoms with van der Waals surface area (Å²) < 4.78 is 7.36. The average Bonchev–Trinajstić information content (AvgIpc) is 2.95. The minimum absolute atomic E-state index is 0.0662. The van der Waals surface area contributed by atoms with Crippen molar-refractivity contribution in [3.05, 3.63) is 35.7 Å². The molecule has 3 rings (SSSR count). The molecule has 0 unspecified atom stereocenters. The largest absolute Gasteiger partial charge is 0.375 e. The first-order chi connectivity index (χ1) is 11.6. The van der Waals surface area contributed by atoms with E-state index < -0.39 is 0 Å². The van der Waals surface area contributed by atoms with Crippen LogP contribution in [-0.2, 0) is 16.1 Å². The summed E-state index contributed by atoms with van der Waals surface area (Å²) in [7, 11) is 0. The molecule has 2 aromatic rings. The van der Waals surface area contributed by atoms with Gasteiger partial charge in [0, 0.05) is 18.7 Å². The summed E-state index contributed by atoms with van der Waals surface area (Å²) >= 11 is 0. The Kier molecular flexibility index (Phi) is 4.94. The molecule has 1 aliphatic heterocycles. The number of carbonyl (C=O) groups excluding carboxylic acids is 1. The number of aromatic nitrogens is 3. The van der Waals surface area contributed by atoms with E-state index in [-0.39, 0.29) is 18.6 Å². The van der Waals surface area contributed by atoms with Crippen LogP contribution < -0.4 is 0 Å². The molecule has 1 aliphatic rings. The summed E-state index contributed by atoms with van der Waals surface area (Å²) in [6.45, 7) is 8.08. The minimum Gasteiger partial charge on any atom is -0.375 e. The molecule has 1 saturated heterocycles. The number of morpholine rings is 1. The fourth-order valence-corrected chi connectivity index (χ4v) is 3.01. The molecule has 0 saturated carbocycles. The van der Waals surface area contributed by atoms with Crippen molar-refractivity contribution in [2.24, 2.45) is 0 Å². The van der Waals surface area contributed by atoms with Crippen molar-refractivity contribution in [3.63, 3.8) is 0 Å². The van der Waals surface area contributed by atoms with Crippen molar-refractivity contribution in [1.82, 2.24) is 19.7 Å². The molecule has 0 bridgehead atoms. The van der Waals surface area contributed by atoms with Gasteiger partial charge in [-0.1, -0.05) is 31.2 Å². The standard InChI is InChI=1S/C18H24N4O2/c1-4-15-11-21(9-10-24-15)17(23)12-22-18(19-14(3)20-22)16-8-6-5-7-13(16)2/h5-8,15H,4,9-12H2,1-3H3/t15-/m1/s1. The van der Waals surface area contributed by atoms with E-state index >= 15 is 0 Å². The highest BCUT2D eigenvalue weighted by Gasteiger charge is 2.24. The maximum atomic E-state index is 12.7. The van der Waals surface area contributed by atoms with Crippen LogP contribution in [0.4, 0.5) is 0 Å². The van der Waals surface area contributed by atoms with Crippen LogP contribution in [0.2, 0.25) is 0 Å². The van der Waals surface area contributed by atoms with Gasteiger partial charge >= 0.3 is 0 Å². The van der Waals surface area contributed by atoms with Crippen LogP contribution in [0.1, 0.15) is 24.7 Å². The van der Waals surface area contributed by atoms with Gasteiger partial charge in [0.25, 0.3) is 0 Å². The van der Waals surface area contributed by atoms with E-state index in [0.717, 1.165) is 23.4 Å². The number of amides is 1. The summed E-state index contributed by atoms with van der Waals surface area (Å²) in [6.07, 6.45) is 1.05. The van der Waals surface area contributed by atoms with Crippen molar-refractivity contribution in [2.45, 2.75) is 39.8 Å². The van der Waals surface area contributed by atoms with Crippen molar-refractivity contribution in [2.75, 3.05) is 19.7 Å². The quantitative estimate of drug-likeness (QED) is 0.863. The zero-order chi connectivity index (χ0) is 17.1. The Balaban J connectivity index is 1.81. The number of carbonyl (C=O) groups is 1. The van der Waals surface area contributed by atoms with Gasteiger partial charge in [0.1, 0.15) is 12.4 Å². The fourth-order valence-electron chi connectivity index (χ4n) is 3.01. The second-order valence-electron chi connectivity index (χ2n) is 6.20. The lowest BCUT2D eigenvalue weighted by molar-refractivity contribution is -0.139. The van der Waals surface area contributed by atoms with Crippen LogP contribution in [0.15, 0.2) is 24.3 Å². The van der Waals surface area contributed by atoms with E-state index in [2.05, 4.69) is 17.0 Å². The monoisotopic (exact) mass is 328 g/mol. The van der Waals surface area contributed by atoms with E-state index in [1.54, 1.807) is 4.68 Å². The highest BCUT2D eigenvalue weighted by Crippen LogP contribution is 2.21. The molecular formula is C18H24N4O2. The van der Waals surface area contributed by atoms with Gasteiger partial charge in [-0.25, -0.2) is 9.67 Å². The van der Waals surface area contributed by atoms with Crippen LogP contribution in [0.5, 0.6) is 0 Å². The molecule has 1 aromatic heterocycles. The van der Waals surface area contributed by atoms with Gasteiger partial charge in [-0.15, -0.1) is 0 Å². The maximum absolute atomic E-state index is 12.7. The smallest absolute Gasteiger partial charge is 0.244 e. The molecule has 1 amide bonds. The minimum atomic E-state index is 0.0662. The second-order valence-corrected chi connectivity index (χ2v) is 6.20. The Morgan fingerprint density at radius 3 is 2.88 bits per heavy atom. The van der Waals surface area contributed by atoms with E-state index in [0.29, 0.717) is 25.5 Å². The molecule has 128 valence electrons. The molecule has 1 atom stereocenters. The third-order valence-electron chi connectivity index (χ3n) is 4.40. The molecule has 6 heteroatoms. The number of hydrogen-bond acceptors (Lipinski definition) is 4. The SMILES string of the molecule is CC[C@@H]1CN(C(=O)Cn2nc(C)nc2-c2ccccc2C)CCO1. The average molecular weight is 328 g/mol. The molecule has 0 spiro atoms. The van der Waals surface area contributed by atoms with Gasteiger partial charge in [0.15, 0.2) is 5.82 Å².